The van der Waals surface area contributed by atoms with Crippen LogP contribution in [0.1, 0.15) is 21.6 Å². The molecule has 1 aromatic heterocycles. The topological polar surface area (TPSA) is 64.6 Å². The number of hydrogen-bond acceptors (Lipinski definition) is 6. The molecule has 0 saturated carbocycles. The lowest BCUT2D eigenvalue weighted by Crippen LogP contribution is -2.36. The number of benzene rings is 2. The van der Waals surface area contributed by atoms with Gasteiger partial charge < -0.3 is 14.4 Å². The van der Waals surface area contributed by atoms with Crippen LogP contribution >= 0.6 is 23.4 Å². The van der Waals surface area contributed by atoms with Crippen molar-refractivity contribution in [2.75, 3.05) is 20.8 Å². The van der Waals surface area contributed by atoms with Gasteiger partial charge in [-0.1, -0.05) is 35.5 Å². The molecule has 1 aliphatic rings. The number of carbonyl (C=O) groups excluding carboxylic acids is 1. The molecule has 0 atom stereocenters. The third kappa shape index (κ3) is 4.22. The first kappa shape index (κ1) is 20.5. The highest BCUT2D eigenvalue weighted by molar-refractivity contribution is 7.99. The molecule has 2 heterocycles. The second kappa shape index (κ2) is 8.93. The maximum Gasteiger partial charge on any atom is 0.274 e. The van der Waals surface area contributed by atoms with E-state index in [-0.39, 0.29) is 5.91 Å². The fraction of sp³-hybridized carbons (Fsp3) is 0.227. The molecule has 6 nitrogen and oxygen atoms in total. The van der Waals surface area contributed by atoms with Gasteiger partial charge >= 0.3 is 0 Å². The molecule has 1 amide bonds. The molecule has 30 heavy (non-hydrogen) atoms. The minimum absolute atomic E-state index is 0.141. The molecule has 2 aromatic carbocycles. The SMILES string of the molecule is COc1cc2c(cc1OC)CN(C(=O)c1ccc(Sc3ccccc3Cl)nn1)CC2. The van der Waals surface area contributed by atoms with Crippen molar-refractivity contribution >= 4 is 29.3 Å². The summed E-state index contributed by atoms with van der Waals surface area (Å²) < 4.78 is 10.8. The van der Waals surface area contributed by atoms with Crippen LogP contribution in [-0.4, -0.2) is 41.8 Å². The van der Waals surface area contributed by atoms with E-state index in [2.05, 4.69) is 10.2 Å². The molecule has 0 radical (unpaired) electrons. The van der Waals surface area contributed by atoms with Crippen LogP contribution < -0.4 is 9.47 Å². The Morgan fingerprint density at radius 1 is 1.03 bits per heavy atom. The predicted octanol–water partition coefficient (Wildman–Crippen LogP) is 4.50. The van der Waals surface area contributed by atoms with E-state index >= 15 is 0 Å². The van der Waals surface area contributed by atoms with Gasteiger partial charge in [-0.3, -0.25) is 4.79 Å². The van der Waals surface area contributed by atoms with Gasteiger partial charge in [0.1, 0.15) is 5.03 Å². The number of methoxy groups -OCH3 is 2. The molecule has 0 N–H and O–H groups in total. The summed E-state index contributed by atoms with van der Waals surface area (Å²) in [6, 6.07) is 15.0. The standard InChI is InChI=1S/C22H20ClN3O3S/c1-28-18-11-14-9-10-26(13-15(14)12-19(18)29-2)22(27)17-7-8-21(25-24-17)30-20-6-4-3-5-16(20)23/h3-8,11-12H,9-10,13H2,1-2H3. The number of rotatable bonds is 5. The summed E-state index contributed by atoms with van der Waals surface area (Å²) in [6.07, 6.45) is 0.745. The molecule has 1 aliphatic heterocycles. The number of nitrogens with zero attached hydrogens (tertiary/aromatic N) is 3. The van der Waals surface area contributed by atoms with Gasteiger partial charge in [-0.15, -0.1) is 10.2 Å². The van der Waals surface area contributed by atoms with E-state index < -0.39 is 0 Å². The van der Waals surface area contributed by atoms with E-state index in [0.717, 1.165) is 22.4 Å². The Bertz CT molecular complexity index is 1080. The molecule has 3 aromatic rings. The van der Waals surface area contributed by atoms with Crippen LogP contribution in [0.5, 0.6) is 11.5 Å². The van der Waals surface area contributed by atoms with Gasteiger partial charge in [0.15, 0.2) is 17.2 Å². The number of amides is 1. The van der Waals surface area contributed by atoms with Crippen LogP contribution in [0.4, 0.5) is 0 Å². The van der Waals surface area contributed by atoms with Crippen molar-refractivity contribution in [2.45, 2.75) is 22.9 Å². The van der Waals surface area contributed by atoms with E-state index in [1.807, 2.05) is 36.4 Å². The van der Waals surface area contributed by atoms with Gasteiger partial charge in [0.05, 0.1) is 19.2 Å². The Labute approximate surface area is 184 Å². The number of halogens is 1. The number of hydrogen-bond donors (Lipinski definition) is 0. The first-order valence-corrected chi connectivity index (χ1v) is 10.6. The van der Waals surface area contributed by atoms with Crippen molar-refractivity contribution in [2.24, 2.45) is 0 Å². The lowest BCUT2D eigenvalue weighted by molar-refractivity contribution is 0.0727. The third-order valence-electron chi connectivity index (χ3n) is 4.92. The van der Waals surface area contributed by atoms with Gasteiger partial charge in [-0.2, -0.15) is 0 Å². The van der Waals surface area contributed by atoms with Gasteiger partial charge in [-0.05, 0) is 53.9 Å². The average Bonchev–Trinajstić information content (AvgIpc) is 2.79. The van der Waals surface area contributed by atoms with Gasteiger partial charge in [0.2, 0.25) is 0 Å². The van der Waals surface area contributed by atoms with Gasteiger partial charge in [0, 0.05) is 18.0 Å². The Morgan fingerprint density at radius 2 is 1.77 bits per heavy atom. The Balaban J connectivity index is 1.48. The van der Waals surface area contributed by atoms with Gasteiger partial charge in [0.25, 0.3) is 5.91 Å². The third-order valence-corrected chi connectivity index (χ3v) is 6.36. The summed E-state index contributed by atoms with van der Waals surface area (Å²) in [4.78, 5) is 15.6. The Hall–Kier alpha value is -2.77. The van der Waals surface area contributed by atoms with Crippen LogP contribution in [0, 0.1) is 0 Å². The van der Waals surface area contributed by atoms with Gasteiger partial charge in [-0.25, -0.2) is 0 Å². The second-order valence-corrected chi connectivity index (χ2v) is 8.21. The van der Waals surface area contributed by atoms with Crippen LogP contribution in [0.15, 0.2) is 58.5 Å². The first-order valence-electron chi connectivity index (χ1n) is 9.38. The minimum atomic E-state index is -0.141. The highest BCUT2D eigenvalue weighted by atomic mass is 35.5. The predicted molar refractivity (Wildman–Crippen MR) is 116 cm³/mol. The number of carbonyl (C=O) groups is 1. The maximum atomic E-state index is 13.0. The lowest BCUT2D eigenvalue weighted by atomic mass is 9.98. The molecule has 0 fully saturated rings. The fourth-order valence-corrected chi connectivity index (χ4v) is 4.35. The molecular weight excluding hydrogens is 422 g/mol. The quantitative estimate of drug-likeness (QED) is 0.581. The number of fused-ring (bicyclic) bond motifs is 1. The van der Waals surface area contributed by atoms with Crippen molar-refractivity contribution in [1.82, 2.24) is 15.1 Å². The molecule has 0 saturated heterocycles. The monoisotopic (exact) mass is 441 g/mol. The Kier molecular flexibility index (Phi) is 6.11. The highest BCUT2D eigenvalue weighted by Gasteiger charge is 2.24. The first-order chi connectivity index (χ1) is 14.6. The summed E-state index contributed by atoms with van der Waals surface area (Å²) in [5, 5.41) is 9.68. The number of aromatic nitrogens is 2. The fourth-order valence-electron chi connectivity index (χ4n) is 3.35. The summed E-state index contributed by atoms with van der Waals surface area (Å²) in [6.45, 7) is 1.10. The minimum Gasteiger partial charge on any atom is -0.493 e. The van der Waals surface area contributed by atoms with Crippen molar-refractivity contribution in [3.63, 3.8) is 0 Å². The van der Waals surface area contributed by atoms with Crippen LogP contribution in [0.25, 0.3) is 0 Å². The maximum absolute atomic E-state index is 13.0. The van der Waals surface area contributed by atoms with Crippen LogP contribution in [0.2, 0.25) is 5.02 Å². The van der Waals surface area contributed by atoms with E-state index in [1.54, 1.807) is 31.3 Å². The van der Waals surface area contributed by atoms with Crippen LogP contribution in [0.3, 0.4) is 0 Å². The Morgan fingerprint density at radius 3 is 2.43 bits per heavy atom. The highest BCUT2D eigenvalue weighted by Crippen LogP contribution is 2.34. The second-order valence-electron chi connectivity index (χ2n) is 6.74. The van der Waals surface area contributed by atoms with Crippen molar-refractivity contribution < 1.29 is 14.3 Å². The molecule has 0 unspecified atom stereocenters. The zero-order chi connectivity index (χ0) is 21.1. The summed E-state index contributed by atoms with van der Waals surface area (Å²) in [5.74, 6) is 1.22. The molecular formula is C22H20ClN3O3S. The molecule has 4 rings (SSSR count). The van der Waals surface area contributed by atoms with Crippen molar-refractivity contribution in [1.29, 1.82) is 0 Å². The summed E-state index contributed by atoms with van der Waals surface area (Å²) in [5.41, 5.74) is 2.53. The summed E-state index contributed by atoms with van der Waals surface area (Å²) in [7, 11) is 3.23. The number of ether oxygens (including phenoxy) is 2. The molecule has 0 bridgehead atoms. The van der Waals surface area contributed by atoms with E-state index in [1.165, 1.54) is 11.8 Å². The largest absolute Gasteiger partial charge is 0.493 e. The normalized spacial score (nSPS) is 13.0. The van der Waals surface area contributed by atoms with Crippen molar-refractivity contribution in [3.05, 3.63) is 70.4 Å². The van der Waals surface area contributed by atoms with Crippen LogP contribution in [-0.2, 0) is 13.0 Å². The smallest absolute Gasteiger partial charge is 0.274 e. The van der Waals surface area contributed by atoms with E-state index in [4.69, 9.17) is 21.1 Å². The molecule has 0 spiro atoms. The zero-order valence-corrected chi connectivity index (χ0v) is 18.2. The molecule has 8 heteroatoms. The van der Waals surface area contributed by atoms with Crippen molar-refractivity contribution in [3.8, 4) is 11.5 Å². The van der Waals surface area contributed by atoms with E-state index in [0.29, 0.717) is 40.3 Å². The van der Waals surface area contributed by atoms with E-state index in [9.17, 15) is 4.79 Å². The average molecular weight is 442 g/mol. The zero-order valence-electron chi connectivity index (χ0n) is 16.6. The molecule has 0 aliphatic carbocycles. The lowest BCUT2D eigenvalue weighted by Gasteiger charge is -2.29. The molecule has 154 valence electrons. The summed E-state index contributed by atoms with van der Waals surface area (Å²) >= 11 is 7.60.